The van der Waals surface area contributed by atoms with E-state index in [9.17, 15) is 4.79 Å². The lowest BCUT2D eigenvalue weighted by Gasteiger charge is -2.13. The third-order valence-electron chi connectivity index (χ3n) is 4.81. The summed E-state index contributed by atoms with van der Waals surface area (Å²) in [5, 5.41) is 0.367. The molecule has 0 fully saturated rings. The number of nitrogens with zero attached hydrogens (tertiary/aromatic N) is 1. The summed E-state index contributed by atoms with van der Waals surface area (Å²) in [5.41, 5.74) is 3.69. The topological polar surface area (TPSA) is 57.1 Å². The monoisotopic (exact) mass is 637 g/mol. The number of aliphatic imine (C=N–C) groups is 1. The van der Waals surface area contributed by atoms with Crippen LogP contribution in [0.15, 0.2) is 69.8 Å². The molecule has 168 valence electrons. The van der Waals surface area contributed by atoms with Gasteiger partial charge in [0.1, 0.15) is 6.61 Å². The molecule has 1 aliphatic rings. The van der Waals surface area contributed by atoms with E-state index in [0.29, 0.717) is 34.3 Å². The van der Waals surface area contributed by atoms with Crippen LogP contribution < -0.4 is 9.47 Å². The number of methoxy groups -OCH3 is 1. The van der Waals surface area contributed by atoms with E-state index in [1.807, 2.05) is 49.4 Å². The minimum absolute atomic E-state index is 0.172. The molecule has 1 aliphatic heterocycles. The Labute approximate surface area is 218 Å². The molecule has 0 unspecified atom stereocenters. The SMILES string of the molecule is COc1cc(/C=C2\N=C(c3ccc(I)c(Br)c3)OC2=O)cc(Cl)c1OCc1cccc(C)c1. The second-order valence-electron chi connectivity index (χ2n) is 7.28. The lowest BCUT2D eigenvalue weighted by Crippen LogP contribution is -2.05. The third kappa shape index (κ3) is 5.59. The third-order valence-corrected chi connectivity index (χ3v) is 7.43. The number of rotatable bonds is 6. The summed E-state index contributed by atoms with van der Waals surface area (Å²) in [6, 6.07) is 17.1. The van der Waals surface area contributed by atoms with Crippen LogP contribution in [0.5, 0.6) is 11.5 Å². The normalized spacial score (nSPS) is 14.3. The molecule has 8 heteroatoms. The van der Waals surface area contributed by atoms with E-state index in [4.69, 9.17) is 25.8 Å². The van der Waals surface area contributed by atoms with Crippen LogP contribution in [0.3, 0.4) is 0 Å². The molecule has 0 spiro atoms. The molecule has 0 atom stereocenters. The predicted molar refractivity (Wildman–Crippen MR) is 141 cm³/mol. The maximum absolute atomic E-state index is 12.4. The van der Waals surface area contributed by atoms with Crippen molar-refractivity contribution in [1.82, 2.24) is 0 Å². The Hall–Kier alpha value is -2.36. The Morgan fingerprint density at radius 1 is 1.18 bits per heavy atom. The van der Waals surface area contributed by atoms with Crippen LogP contribution in [0, 0.1) is 10.5 Å². The average Bonchev–Trinajstić information content (AvgIpc) is 3.14. The molecule has 4 rings (SSSR count). The summed E-state index contributed by atoms with van der Waals surface area (Å²) in [6.45, 7) is 2.38. The summed E-state index contributed by atoms with van der Waals surface area (Å²) in [4.78, 5) is 16.8. The first kappa shape index (κ1) is 23.8. The minimum atomic E-state index is -0.533. The number of ether oxygens (including phenoxy) is 3. The fraction of sp³-hybridized carbons (Fsp3) is 0.120. The number of aryl methyl sites for hydroxylation is 1. The maximum atomic E-state index is 12.4. The summed E-state index contributed by atoms with van der Waals surface area (Å²) < 4.78 is 18.7. The van der Waals surface area contributed by atoms with Gasteiger partial charge in [0.2, 0.25) is 5.90 Å². The Balaban J connectivity index is 1.59. The molecule has 0 radical (unpaired) electrons. The summed E-state index contributed by atoms with van der Waals surface area (Å²) in [7, 11) is 1.54. The fourth-order valence-electron chi connectivity index (χ4n) is 3.24. The number of hydrogen-bond donors (Lipinski definition) is 0. The van der Waals surface area contributed by atoms with Gasteiger partial charge < -0.3 is 14.2 Å². The second kappa shape index (κ2) is 10.3. The largest absolute Gasteiger partial charge is 0.493 e. The highest BCUT2D eigenvalue weighted by atomic mass is 127. The van der Waals surface area contributed by atoms with Crippen molar-refractivity contribution in [3.8, 4) is 11.5 Å². The Morgan fingerprint density at radius 3 is 2.73 bits per heavy atom. The van der Waals surface area contributed by atoms with Gasteiger partial charge in [0.15, 0.2) is 17.2 Å². The standard InChI is InChI=1S/C25H18BrClINO4/c1-14-4-3-5-15(8-14)13-32-23-19(27)9-16(11-22(23)31-2)10-21-25(30)33-24(29-21)17-6-7-20(28)18(26)12-17/h3-12H,13H2,1-2H3/b21-10-. The van der Waals surface area contributed by atoms with Crippen molar-refractivity contribution in [3.05, 3.63) is 95.6 Å². The minimum Gasteiger partial charge on any atom is -0.493 e. The van der Waals surface area contributed by atoms with Gasteiger partial charge >= 0.3 is 5.97 Å². The molecule has 0 amide bonds. The van der Waals surface area contributed by atoms with Gasteiger partial charge in [-0.3, -0.25) is 0 Å². The van der Waals surface area contributed by atoms with Gasteiger partial charge in [-0.2, -0.15) is 0 Å². The van der Waals surface area contributed by atoms with Crippen LogP contribution in [-0.2, 0) is 16.1 Å². The number of carbonyl (C=O) groups excluding carboxylic acids is 1. The van der Waals surface area contributed by atoms with Crippen molar-refractivity contribution in [1.29, 1.82) is 0 Å². The lowest BCUT2D eigenvalue weighted by molar-refractivity contribution is -0.129. The van der Waals surface area contributed by atoms with Crippen molar-refractivity contribution in [3.63, 3.8) is 0 Å². The van der Waals surface area contributed by atoms with Gasteiger partial charge in [-0.05, 0) is 93.0 Å². The zero-order valence-corrected chi connectivity index (χ0v) is 22.2. The molecular formula is C25H18BrClINO4. The van der Waals surface area contributed by atoms with Gasteiger partial charge in [0.05, 0.1) is 12.1 Å². The molecule has 0 aromatic heterocycles. The second-order valence-corrected chi connectivity index (χ2v) is 9.70. The quantitative estimate of drug-likeness (QED) is 0.167. The Bertz CT molecular complexity index is 1310. The molecule has 0 aliphatic carbocycles. The molecular weight excluding hydrogens is 621 g/mol. The maximum Gasteiger partial charge on any atom is 0.363 e. The van der Waals surface area contributed by atoms with Crippen LogP contribution in [0.25, 0.3) is 6.08 Å². The molecule has 0 saturated heterocycles. The van der Waals surface area contributed by atoms with Crippen LogP contribution in [-0.4, -0.2) is 19.0 Å². The molecule has 0 N–H and O–H groups in total. The van der Waals surface area contributed by atoms with E-state index in [1.54, 1.807) is 18.2 Å². The predicted octanol–water partition coefficient (Wildman–Crippen LogP) is 6.95. The van der Waals surface area contributed by atoms with Crippen molar-refractivity contribution in [2.45, 2.75) is 13.5 Å². The summed E-state index contributed by atoms with van der Waals surface area (Å²) >= 11 is 12.2. The molecule has 0 bridgehead atoms. The number of benzene rings is 3. The molecule has 3 aromatic rings. The average molecular weight is 639 g/mol. The Morgan fingerprint density at radius 2 is 2.00 bits per heavy atom. The van der Waals surface area contributed by atoms with Gasteiger partial charge in [-0.15, -0.1) is 0 Å². The highest BCUT2D eigenvalue weighted by Gasteiger charge is 2.25. The summed E-state index contributed by atoms with van der Waals surface area (Å²) in [5.74, 6) is 0.609. The van der Waals surface area contributed by atoms with E-state index in [1.165, 1.54) is 7.11 Å². The van der Waals surface area contributed by atoms with Gasteiger partial charge in [-0.25, -0.2) is 9.79 Å². The number of esters is 1. The number of carbonyl (C=O) groups is 1. The Kier molecular flexibility index (Phi) is 7.41. The lowest BCUT2D eigenvalue weighted by atomic mass is 10.1. The fourth-order valence-corrected chi connectivity index (χ4v) is 4.23. The molecule has 0 saturated carbocycles. The van der Waals surface area contributed by atoms with Crippen molar-refractivity contribution in [2.75, 3.05) is 7.11 Å². The summed E-state index contributed by atoms with van der Waals surface area (Å²) in [6.07, 6.45) is 1.61. The first-order valence-corrected chi connectivity index (χ1v) is 12.1. The van der Waals surface area contributed by atoms with Crippen molar-refractivity contribution < 1.29 is 19.0 Å². The van der Waals surface area contributed by atoms with Crippen molar-refractivity contribution >= 4 is 68.1 Å². The molecule has 5 nitrogen and oxygen atoms in total. The first-order valence-electron chi connectivity index (χ1n) is 9.88. The van der Waals surface area contributed by atoms with E-state index in [2.05, 4.69) is 43.5 Å². The van der Waals surface area contributed by atoms with Crippen molar-refractivity contribution in [2.24, 2.45) is 4.99 Å². The first-order chi connectivity index (χ1) is 15.8. The van der Waals surface area contributed by atoms with E-state index >= 15 is 0 Å². The molecule has 3 aromatic carbocycles. The van der Waals surface area contributed by atoms with E-state index in [0.717, 1.165) is 19.2 Å². The van der Waals surface area contributed by atoms with E-state index in [-0.39, 0.29) is 11.6 Å². The number of halogens is 3. The highest BCUT2D eigenvalue weighted by Crippen LogP contribution is 2.38. The zero-order chi connectivity index (χ0) is 23.5. The number of cyclic esters (lactones) is 1. The molecule has 1 heterocycles. The van der Waals surface area contributed by atoms with Crippen LogP contribution in [0.2, 0.25) is 5.02 Å². The van der Waals surface area contributed by atoms with Crippen LogP contribution >= 0.6 is 50.1 Å². The van der Waals surface area contributed by atoms with Gasteiger partial charge in [0.25, 0.3) is 0 Å². The van der Waals surface area contributed by atoms with E-state index < -0.39 is 5.97 Å². The number of hydrogen-bond acceptors (Lipinski definition) is 5. The van der Waals surface area contributed by atoms with Gasteiger partial charge in [0, 0.05) is 13.6 Å². The highest BCUT2D eigenvalue weighted by molar-refractivity contribution is 14.1. The molecule has 33 heavy (non-hydrogen) atoms. The zero-order valence-electron chi connectivity index (χ0n) is 17.7. The van der Waals surface area contributed by atoms with Crippen LogP contribution in [0.1, 0.15) is 22.3 Å². The smallest absolute Gasteiger partial charge is 0.363 e. The van der Waals surface area contributed by atoms with Crippen LogP contribution in [0.4, 0.5) is 0 Å². The van der Waals surface area contributed by atoms with Gasteiger partial charge in [-0.1, -0.05) is 41.4 Å².